The van der Waals surface area contributed by atoms with E-state index in [0.29, 0.717) is 6.54 Å². The van der Waals surface area contributed by atoms with E-state index in [9.17, 15) is 4.79 Å². The minimum atomic E-state index is 0.0145. The van der Waals surface area contributed by atoms with Gasteiger partial charge in [-0.15, -0.1) is 11.3 Å². The van der Waals surface area contributed by atoms with E-state index in [4.69, 9.17) is 9.15 Å². The Hall–Kier alpha value is -2.34. The fraction of sp³-hybridized carbons (Fsp3) is 0.333. The number of furan rings is 1. The molecule has 6 heteroatoms. The van der Waals surface area contributed by atoms with Gasteiger partial charge in [0, 0.05) is 5.92 Å². The number of amides is 1. The topological polar surface area (TPSA) is 64.4 Å². The van der Waals surface area contributed by atoms with Crippen molar-refractivity contribution < 1.29 is 13.9 Å². The van der Waals surface area contributed by atoms with Crippen LogP contribution >= 0.6 is 11.3 Å². The summed E-state index contributed by atoms with van der Waals surface area (Å²) in [6.07, 6.45) is 1.56. The molecule has 2 aromatic heterocycles. The first-order valence-electron chi connectivity index (χ1n) is 8.01. The van der Waals surface area contributed by atoms with Gasteiger partial charge in [-0.2, -0.15) is 0 Å². The van der Waals surface area contributed by atoms with Crippen molar-refractivity contribution in [3.05, 3.63) is 47.4 Å². The maximum absolute atomic E-state index is 12.2. The van der Waals surface area contributed by atoms with Crippen LogP contribution in [0, 0.1) is 12.8 Å². The van der Waals surface area contributed by atoms with Gasteiger partial charge in [0.25, 0.3) is 0 Å². The number of benzene rings is 1. The number of carbonyl (C=O) groups is 1. The number of nitrogens with zero attached hydrogens (tertiary/aromatic N) is 1. The minimum Gasteiger partial charge on any atom is -0.488 e. The summed E-state index contributed by atoms with van der Waals surface area (Å²) in [5, 5.41) is 2.93. The average molecular weight is 342 g/mol. The normalized spacial score (nSPS) is 19.9. The van der Waals surface area contributed by atoms with Crippen molar-refractivity contribution in [2.24, 2.45) is 5.92 Å². The van der Waals surface area contributed by atoms with E-state index in [2.05, 4.69) is 10.3 Å². The second-order valence-corrected chi connectivity index (χ2v) is 6.98. The van der Waals surface area contributed by atoms with Crippen molar-refractivity contribution in [1.29, 1.82) is 0 Å². The summed E-state index contributed by atoms with van der Waals surface area (Å²) < 4.78 is 12.6. The van der Waals surface area contributed by atoms with E-state index in [1.165, 1.54) is 0 Å². The Kier molecular flexibility index (Phi) is 3.98. The standard InChI is InChI=1S/C18H18N2O3S/c1-11-5-6-13(22-11)9-19-18(21)12-7-14(8-12)23-15-3-2-4-16-17(15)20-10-24-16/h2-6,10,12,14H,7-9H2,1H3,(H,19,21)/t12-,14-. The fourth-order valence-corrected chi connectivity index (χ4v) is 3.60. The summed E-state index contributed by atoms with van der Waals surface area (Å²) in [6.45, 7) is 2.33. The van der Waals surface area contributed by atoms with Crippen LogP contribution in [0.25, 0.3) is 10.2 Å². The van der Waals surface area contributed by atoms with Crippen LogP contribution in [-0.2, 0) is 11.3 Å². The van der Waals surface area contributed by atoms with Crippen LogP contribution < -0.4 is 10.1 Å². The van der Waals surface area contributed by atoms with Crippen molar-refractivity contribution in [2.75, 3.05) is 0 Å². The third-order valence-electron chi connectivity index (χ3n) is 4.32. The molecule has 5 nitrogen and oxygen atoms in total. The molecular formula is C18H18N2O3S. The zero-order valence-corrected chi connectivity index (χ0v) is 14.1. The Morgan fingerprint density at radius 1 is 1.38 bits per heavy atom. The number of carbonyl (C=O) groups excluding carboxylic acids is 1. The summed E-state index contributed by atoms with van der Waals surface area (Å²) in [4.78, 5) is 16.5. The molecule has 124 valence electrons. The molecule has 0 radical (unpaired) electrons. The van der Waals surface area contributed by atoms with E-state index in [1.54, 1.807) is 11.3 Å². The molecule has 2 heterocycles. The predicted molar refractivity (Wildman–Crippen MR) is 92.1 cm³/mol. The Morgan fingerprint density at radius 3 is 3.04 bits per heavy atom. The van der Waals surface area contributed by atoms with Crippen LogP contribution in [0.4, 0.5) is 0 Å². The number of fused-ring (bicyclic) bond motifs is 1. The molecule has 1 aromatic carbocycles. The van der Waals surface area contributed by atoms with E-state index in [0.717, 1.165) is 40.3 Å². The largest absolute Gasteiger partial charge is 0.488 e. The molecular weight excluding hydrogens is 324 g/mol. The van der Waals surface area contributed by atoms with Crippen LogP contribution in [0.3, 0.4) is 0 Å². The molecule has 1 aliphatic rings. The maximum atomic E-state index is 12.2. The number of ether oxygens (including phenoxy) is 1. The smallest absolute Gasteiger partial charge is 0.223 e. The van der Waals surface area contributed by atoms with E-state index in [1.807, 2.05) is 42.8 Å². The second kappa shape index (κ2) is 6.28. The lowest BCUT2D eigenvalue weighted by Crippen LogP contribution is -2.43. The molecule has 1 aliphatic carbocycles. The van der Waals surface area contributed by atoms with Gasteiger partial charge in [-0.25, -0.2) is 4.98 Å². The number of aromatic nitrogens is 1. The van der Waals surface area contributed by atoms with Crippen molar-refractivity contribution in [3.8, 4) is 5.75 Å². The molecule has 1 fully saturated rings. The number of hydrogen-bond donors (Lipinski definition) is 1. The highest BCUT2D eigenvalue weighted by Crippen LogP contribution is 2.34. The highest BCUT2D eigenvalue weighted by atomic mass is 32.1. The Balaban J connectivity index is 1.28. The van der Waals surface area contributed by atoms with Crippen molar-refractivity contribution in [3.63, 3.8) is 0 Å². The summed E-state index contributed by atoms with van der Waals surface area (Å²) >= 11 is 1.60. The van der Waals surface area contributed by atoms with E-state index < -0.39 is 0 Å². The summed E-state index contributed by atoms with van der Waals surface area (Å²) in [7, 11) is 0. The fourth-order valence-electron chi connectivity index (χ4n) is 2.91. The molecule has 24 heavy (non-hydrogen) atoms. The molecule has 0 aliphatic heterocycles. The predicted octanol–water partition coefficient (Wildman–Crippen LogP) is 3.67. The molecule has 0 saturated heterocycles. The monoisotopic (exact) mass is 342 g/mol. The lowest BCUT2D eigenvalue weighted by atomic mass is 9.81. The summed E-state index contributed by atoms with van der Waals surface area (Å²) in [5.74, 6) is 2.52. The lowest BCUT2D eigenvalue weighted by Gasteiger charge is -2.34. The maximum Gasteiger partial charge on any atom is 0.223 e. The molecule has 0 spiro atoms. The quantitative estimate of drug-likeness (QED) is 0.768. The van der Waals surface area contributed by atoms with Crippen molar-refractivity contribution in [1.82, 2.24) is 10.3 Å². The van der Waals surface area contributed by atoms with E-state index in [-0.39, 0.29) is 17.9 Å². The molecule has 3 aromatic rings. The summed E-state index contributed by atoms with van der Waals surface area (Å²) in [5.41, 5.74) is 2.73. The number of aryl methyl sites for hydroxylation is 1. The summed E-state index contributed by atoms with van der Waals surface area (Å²) in [6, 6.07) is 9.73. The van der Waals surface area contributed by atoms with Crippen LogP contribution in [0.5, 0.6) is 5.75 Å². The first kappa shape index (κ1) is 15.2. The van der Waals surface area contributed by atoms with Gasteiger partial charge in [-0.1, -0.05) is 6.07 Å². The highest BCUT2D eigenvalue weighted by molar-refractivity contribution is 7.16. The average Bonchev–Trinajstić information content (AvgIpc) is 3.17. The van der Waals surface area contributed by atoms with Gasteiger partial charge in [-0.05, 0) is 44.0 Å². The molecule has 0 atom stereocenters. The third-order valence-corrected chi connectivity index (χ3v) is 5.11. The van der Waals surface area contributed by atoms with Crippen LogP contribution in [-0.4, -0.2) is 17.0 Å². The van der Waals surface area contributed by atoms with Gasteiger partial charge in [0.2, 0.25) is 5.91 Å². The molecule has 1 saturated carbocycles. The van der Waals surface area contributed by atoms with Crippen molar-refractivity contribution >= 4 is 27.5 Å². The van der Waals surface area contributed by atoms with E-state index >= 15 is 0 Å². The van der Waals surface area contributed by atoms with Crippen molar-refractivity contribution in [2.45, 2.75) is 32.4 Å². The second-order valence-electron chi connectivity index (χ2n) is 6.09. The first-order chi connectivity index (χ1) is 11.7. The zero-order chi connectivity index (χ0) is 16.5. The lowest BCUT2D eigenvalue weighted by molar-refractivity contribution is -0.130. The Labute approximate surface area is 143 Å². The number of thiazole rings is 1. The Bertz CT molecular complexity index is 864. The van der Waals surface area contributed by atoms with Crippen LogP contribution in [0.2, 0.25) is 0 Å². The van der Waals surface area contributed by atoms with Gasteiger partial charge < -0.3 is 14.5 Å². The van der Waals surface area contributed by atoms with Crippen LogP contribution in [0.1, 0.15) is 24.4 Å². The number of nitrogens with one attached hydrogen (secondary N) is 1. The van der Waals surface area contributed by atoms with Gasteiger partial charge in [0.05, 0.1) is 16.8 Å². The highest BCUT2D eigenvalue weighted by Gasteiger charge is 2.36. The van der Waals surface area contributed by atoms with Crippen LogP contribution in [0.15, 0.2) is 40.3 Å². The molecule has 1 N–H and O–H groups in total. The number of para-hydroxylation sites is 1. The molecule has 0 bridgehead atoms. The number of rotatable bonds is 5. The third kappa shape index (κ3) is 3.01. The van der Waals surface area contributed by atoms with Gasteiger partial charge in [0.15, 0.2) is 0 Å². The minimum absolute atomic E-state index is 0.0145. The van der Waals surface area contributed by atoms with Gasteiger partial charge in [-0.3, -0.25) is 4.79 Å². The molecule has 4 rings (SSSR count). The number of hydrogen-bond acceptors (Lipinski definition) is 5. The SMILES string of the molecule is Cc1ccc(CNC(=O)[C@H]2C[C@H](Oc3cccc4scnc34)C2)o1. The Morgan fingerprint density at radius 2 is 2.25 bits per heavy atom. The zero-order valence-electron chi connectivity index (χ0n) is 13.3. The molecule has 1 amide bonds. The van der Waals surface area contributed by atoms with Gasteiger partial charge >= 0.3 is 0 Å². The van der Waals surface area contributed by atoms with Gasteiger partial charge in [0.1, 0.15) is 28.9 Å². The first-order valence-corrected chi connectivity index (χ1v) is 8.89. The molecule has 0 unspecified atom stereocenters.